The van der Waals surface area contributed by atoms with E-state index >= 15 is 0 Å². The van der Waals surface area contributed by atoms with Crippen LogP contribution < -0.4 is 20.9 Å². The van der Waals surface area contributed by atoms with E-state index in [4.69, 9.17) is 0 Å². The fourth-order valence-electron chi connectivity index (χ4n) is 4.46. The molecular weight excluding hydrogens is 424 g/mol. The van der Waals surface area contributed by atoms with Crippen molar-refractivity contribution in [1.82, 2.24) is 20.5 Å². The third-order valence-electron chi connectivity index (χ3n) is 6.21. The van der Waals surface area contributed by atoms with Gasteiger partial charge in [0.05, 0.1) is 18.4 Å². The standard InChI is InChI=1S/C23H24N6O4/c30-20-6-4-18(22(32)27-20)29-13-15-9-14(1-3-17(15)23(29)33)10-25-19-5-2-16(11-26-19)28-8-7-24-12-21(28)31/h1-3,5,9,11,18,24H,4,6-8,10,12-13H2,(H,25,26)(H,27,30,32). The van der Waals surface area contributed by atoms with Gasteiger partial charge in [0, 0.05) is 38.2 Å². The van der Waals surface area contributed by atoms with E-state index in [0.717, 1.165) is 23.4 Å². The average Bonchev–Trinajstić information content (AvgIpc) is 3.14. The molecule has 0 saturated carbocycles. The Morgan fingerprint density at radius 1 is 1.12 bits per heavy atom. The Labute approximate surface area is 190 Å². The van der Waals surface area contributed by atoms with Crippen LogP contribution in [0.1, 0.15) is 34.3 Å². The van der Waals surface area contributed by atoms with Crippen LogP contribution in [0.2, 0.25) is 0 Å². The highest BCUT2D eigenvalue weighted by Crippen LogP contribution is 2.28. The third kappa shape index (κ3) is 4.17. The maximum absolute atomic E-state index is 12.8. The van der Waals surface area contributed by atoms with Crippen molar-refractivity contribution in [3.8, 4) is 0 Å². The van der Waals surface area contributed by atoms with Crippen LogP contribution in [0.15, 0.2) is 36.5 Å². The first kappa shape index (κ1) is 21.1. The van der Waals surface area contributed by atoms with Crippen molar-refractivity contribution in [2.75, 3.05) is 29.9 Å². The number of benzene rings is 1. The van der Waals surface area contributed by atoms with Gasteiger partial charge < -0.3 is 20.4 Å². The van der Waals surface area contributed by atoms with Crippen molar-refractivity contribution in [1.29, 1.82) is 0 Å². The molecule has 3 N–H and O–H groups in total. The van der Waals surface area contributed by atoms with Crippen molar-refractivity contribution in [3.63, 3.8) is 0 Å². The summed E-state index contributed by atoms with van der Waals surface area (Å²) in [6.07, 6.45) is 2.27. The number of aromatic nitrogens is 1. The summed E-state index contributed by atoms with van der Waals surface area (Å²) in [6, 6.07) is 8.72. The molecule has 2 saturated heterocycles. The number of pyridine rings is 1. The number of hydrogen-bond donors (Lipinski definition) is 3. The molecule has 3 aliphatic heterocycles. The predicted octanol–water partition coefficient (Wildman–Crippen LogP) is 0.391. The van der Waals surface area contributed by atoms with Crippen LogP contribution in [0.3, 0.4) is 0 Å². The van der Waals surface area contributed by atoms with Gasteiger partial charge in [-0.3, -0.25) is 24.5 Å². The van der Waals surface area contributed by atoms with Crippen LogP contribution in [0.25, 0.3) is 0 Å². The molecular formula is C23H24N6O4. The number of carbonyl (C=O) groups excluding carboxylic acids is 4. The molecule has 170 valence electrons. The number of hydrogen-bond acceptors (Lipinski definition) is 7. The fraction of sp³-hybridized carbons (Fsp3) is 0.348. The molecule has 1 aromatic carbocycles. The van der Waals surface area contributed by atoms with Crippen LogP contribution in [0.4, 0.5) is 11.5 Å². The number of rotatable bonds is 5. The molecule has 4 amide bonds. The van der Waals surface area contributed by atoms with Gasteiger partial charge in [0.25, 0.3) is 5.91 Å². The Bertz CT molecular complexity index is 1130. The molecule has 10 heteroatoms. The van der Waals surface area contributed by atoms with Crippen LogP contribution in [-0.4, -0.2) is 59.2 Å². The van der Waals surface area contributed by atoms with Gasteiger partial charge in [0.1, 0.15) is 11.9 Å². The van der Waals surface area contributed by atoms with E-state index in [9.17, 15) is 19.2 Å². The highest BCUT2D eigenvalue weighted by molar-refractivity contribution is 6.05. The SMILES string of the molecule is O=C1CCC(N2Cc3cc(CNc4ccc(N5CCNCC5=O)cn4)ccc3C2=O)C(=O)N1. The molecule has 1 aromatic heterocycles. The number of amides is 4. The number of fused-ring (bicyclic) bond motifs is 1. The topological polar surface area (TPSA) is 124 Å². The molecule has 0 aliphatic carbocycles. The summed E-state index contributed by atoms with van der Waals surface area (Å²) in [5.74, 6) is -0.175. The van der Waals surface area contributed by atoms with E-state index in [1.54, 1.807) is 22.1 Å². The lowest BCUT2D eigenvalue weighted by atomic mass is 10.0. The molecule has 0 radical (unpaired) electrons. The van der Waals surface area contributed by atoms with Crippen molar-refractivity contribution >= 4 is 35.1 Å². The highest BCUT2D eigenvalue weighted by atomic mass is 16.2. The first-order valence-corrected chi connectivity index (χ1v) is 11.0. The summed E-state index contributed by atoms with van der Waals surface area (Å²) in [5.41, 5.74) is 3.21. The first-order valence-electron chi connectivity index (χ1n) is 11.0. The Hall–Kier alpha value is -3.79. The molecule has 0 spiro atoms. The van der Waals surface area contributed by atoms with Gasteiger partial charge in [-0.1, -0.05) is 12.1 Å². The third-order valence-corrected chi connectivity index (χ3v) is 6.21. The molecule has 1 atom stereocenters. The molecule has 5 rings (SSSR count). The number of carbonyl (C=O) groups is 4. The quantitative estimate of drug-likeness (QED) is 0.566. The van der Waals surface area contributed by atoms with Gasteiger partial charge in [0.15, 0.2) is 0 Å². The van der Waals surface area contributed by atoms with Gasteiger partial charge in [-0.25, -0.2) is 4.98 Å². The molecule has 3 aliphatic rings. The maximum atomic E-state index is 12.8. The second-order valence-corrected chi connectivity index (χ2v) is 8.37. The Morgan fingerprint density at radius 3 is 2.76 bits per heavy atom. The number of nitrogens with zero attached hydrogens (tertiary/aromatic N) is 3. The number of piperazine rings is 1. The largest absolute Gasteiger partial charge is 0.366 e. The lowest BCUT2D eigenvalue weighted by Crippen LogP contribution is -2.52. The summed E-state index contributed by atoms with van der Waals surface area (Å²) in [4.78, 5) is 56.1. The molecule has 4 heterocycles. The van der Waals surface area contributed by atoms with Gasteiger partial charge >= 0.3 is 0 Å². The lowest BCUT2D eigenvalue weighted by Gasteiger charge is -2.29. The summed E-state index contributed by atoms with van der Waals surface area (Å²) in [5, 5.41) is 8.63. The van der Waals surface area contributed by atoms with E-state index in [2.05, 4.69) is 20.9 Å². The van der Waals surface area contributed by atoms with Crippen molar-refractivity contribution < 1.29 is 19.2 Å². The minimum atomic E-state index is -0.616. The van der Waals surface area contributed by atoms with E-state index in [0.29, 0.717) is 44.0 Å². The predicted molar refractivity (Wildman–Crippen MR) is 119 cm³/mol. The van der Waals surface area contributed by atoms with E-state index in [-0.39, 0.29) is 24.1 Å². The minimum Gasteiger partial charge on any atom is -0.366 e. The Morgan fingerprint density at radius 2 is 2.00 bits per heavy atom. The first-order chi connectivity index (χ1) is 16.0. The second kappa shape index (κ2) is 8.62. The zero-order valence-corrected chi connectivity index (χ0v) is 18.0. The van der Waals surface area contributed by atoms with E-state index in [1.165, 1.54) is 0 Å². The summed E-state index contributed by atoms with van der Waals surface area (Å²) < 4.78 is 0. The normalized spacial score (nSPS) is 20.7. The average molecular weight is 448 g/mol. The highest BCUT2D eigenvalue weighted by Gasteiger charge is 2.39. The monoisotopic (exact) mass is 448 g/mol. The van der Waals surface area contributed by atoms with Crippen molar-refractivity contribution in [3.05, 3.63) is 53.2 Å². The van der Waals surface area contributed by atoms with E-state index < -0.39 is 11.9 Å². The Kier molecular flexibility index (Phi) is 5.51. The van der Waals surface area contributed by atoms with Crippen LogP contribution in [0, 0.1) is 0 Å². The van der Waals surface area contributed by atoms with Crippen LogP contribution in [-0.2, 0) is 27.5 Å². The van der Waals surface area contributed by atoms with Crippen LogP contribution in [0.5, 0.6) is 0 Å². The minimum absolute atomic E-state index is 0.0304. The van der Waals surface area contributed by atoms with Gasteiger partial charge in [-0.15, -0.1) is 0 Å². The zero-order chi connectivity index (χ0) is 22.9. The van der Waals surface area contributed by atoms with Gasteiger partial charge in [-0.05, 0) is 35.7 Å². The zero-order valence-electron chi connectivity index (χ0n) is 18.0. The number of piperidine rings is 1. The smallest absolute Gasteiger partial charge is 0.255 e. The summed E-state index contributed by atoms with van der Waals surface area (Å²) in [6.45, 7) is 2.57. The molecule has 2 fully saturated rings. The fourth-order valence-corrected chi connectivity index (χ4v) is 4.46. The number of imide groups is 1. The molecule has 33 heavy (non-hydrogen) atoms. The summed E-state index contributed by atoms with van der Waals surface area (Å²) in [7, 11) is 0. The number of nitrogens with one attached hydrogen (secondary N) is 3. The van der Waals surface area contributed by atoms with Crippen LogP contribution >= 0.6 is 0 Å². The van der Waals surface area contributed by atoms with Crippen molar-refractivity contribution in [2.24, 2.45) is 0 Å². The second-order valence-electron chi connectivity index (χ2n) is 8.37. The summed E-state index contributed by atoms with van der Waals surface area (Å²) >= 11 is 0. The lowest BCUT2D eigenvalue weighted by molar-refractivity contribution is -0.137. The molecule has 2 aromatic rings. The number of anilines is 2. The van der Waals surface area contributed by atoms with Gasteiger partial charge in [0.2, 0.25) is 17.7 Å². The van der Waals surface area contributed by atoms with Crippen molar-refractivity contribution in [2.45, 2.75) is 32.0 Å². The molecule has 0 bridgehead atoms. The maximum Gasteiger partial charge on any atom is 0.255 e. The molecule has 10 nitrogen and oxygen atoms in total. The van der Waals surface area contributed by atoms with Gasteiger partial charge in [-0.2, -0.15) is 0 Å². The molecule has 1 unspecified atom stereocenters. The Balaban J connectivity index is 1.22. The van der Waals surface area contributed by atoms with E-state index in [1.807, 2.05) is 24.3 Å².